The Morgan fingerprint density at radius 3 is 0.813 bits per heavy atom. The smallest absolute Gasteiger partial charge is 0.343 e. The van der Waals surface area contributed by atoms with Gasteiger partial charge in [-0.1, -0.05) is 362 Å². The Morgan fingerprint density at radius 1 is 0.308 bits per heavy atom. The maximum atomic E-state index is 13.7. The molecule has 1 atom stereocenters. The molecule has 4 aromatic rings. The van der Waals surface area contributed by atoms with Gasteiger partial charge in [-0.3, -0.25) is 9.98 Å². The topological polar surface area (TPSA) is 155 Å². The average Bonchev–Trinajstić information content (AvgIpc) is 0.842. The largest absolute Gasteiger partial charge is 0.507 e. The van der Waals surface area contributed by atoms with Crippen LogP contribution in [-0.2, 0) is 0 Å². The van der Waals surface area contributed by atoms with Gasteiger partial charge in [-0.2, -0.15) is 0 Å². The number of rotatable bonds is 73. The molecule has 0 amide bonds. The molecule has 604 valence electrons. The van der Waals surface area contributed by atoms with Crippen molar-refractivity contribution >= 4 is 24.4 Å². The summed E-state index contributed by atoms with van der Waals surface area (Å²) in [5, 5.41) is 22.1. The predicted molar refractivity (Wildman–Crippen MR) is 452 cm³/mol. The Labute approximate surface area is 653 Å². The number of unbranched alkanes of at least 4 members (excludes halogenated alkanes) is 52. The van der Waals surface area contributed by atoms with Gasteiger partial charge in [-0.15, -0.1) is 0 Å². The van der Waals surface area contributed by atoms with E-state index in [0.717, 1.165) is 51.4 Å². The highest BCUT2D eigenvalue weighted by Gasteiger charge is 2.18. The molecule has 12 heteroatoms. The van der Waals surface area contributed by atoms with E-state index in [-0.39, 0.29) is 29.0 Å². The first kappa shape index (κ1) is 93.3. The van der Waals surface area contributed by atoms with Gasteiger partial charge in [-0.25, -0.2) is 9.59 Å². The van der Waals surface area contributed by atoms with E-state index < -0.39 is 11.9 Å². The number of aliphatic imine (C=N–C) groups is 2. The Balaban J connectivity index is 1.25. The molecule has 0 aromatic heterocycles. The molecule has 12 nitrogen and oxygen atoms in total. The second kappa shape index (κ2) is 65.8. The molecule has 0 aliphatic carbocycles. The summed E-state index contributed by atoms with van der Waals surface area (Å²) in [5.74, 6) is 1.41. The molecule has 0 unspecified atom stereocenters. The minimum absolute atomic E-state index is 0.0915. The van der Waals surface area contributed by atoms with Crippen molar-refractivity contribution in [1.29, 1.82) is 0 Å². The average molecular weight is 1480 g/mol. The molecule has 4 aromatic carbocycles. The second-order valence-electron chi connectivity index (χ2n) is 30.9. The summed E-state index contributed by atoms with van der Waals surface area (Å²) in [6, 6.07) is 19.6. The van der Waals surface area contributed by atoms with Crippen molar-refractivity contribution in [1.82, 2.24) is 0 Å². The first-order valence-corrected chi connectivity index (χ1v) is 44.6. The van der Waals surface area contributed by atoms with Crippen LogP contribution in [0.2, 0.25) is 0 Å². The summed E-state index contributed by atoms with van der Waals surface area (Å²) in [5.41, 5.74) is 1.56. The van der Waals surface area contributed by atoms with Crippen LogP contribution in [0.15, 0.2) is 82.8 Å². The number of phenolic OH excluding ortho intramolecular Hbond substituents is 2. The molecule has 0 aliphatic heterocycles. The Bertz CT molecular complexity index is 2870. The monoisotopic (exact) mass is 1480 g/mol. The van der Waals surface area contributed by atoms with Crippen LogP contribution in [-0.4, -0.2) is 73.6 Å². The van der Waals surface area contributed by atoms with E-state index in [1.54, 1.807) is 61.0 Å². The molecule has 107 heavy (non-hydrogen) atoms. The highest BCUT2D eigenvalue weighted by molar-refractivity contribution is 5.93. The van der Waals surface area contributed by atoms with Crippen LogP contribution in [0.4, 0.5) is 0 Å². The van der Waals surface area contributed by atoms with Crippen molar-refractivity contribution < 1.29 is 48.2 Å². The fourth-order valence-corrected chi connectivity index (χ4v) is 13.9. The zero-order valence-corrected chi connectivity index (χ0v) is 68.8. The molecule has 0 spiro atoms. The zero-order chi connectivity index (χ0) is 76.4. The number of phenols is 2. The van der Waals surface area contributed by atoms with Crippen LogP contribution in [0, 0.1) is 0 Å². The summed E-state index contributed by atoms with van der Waals surface area (Å²) in [6.45, 7) is 13.5. The number of benzene rings is 4. The van der Waals surface area contributed by atoms with E-state index in [1.165, 1.54) is 320 Å². The molecule has 0 saturated carbocycles. The van der Waals surface area contributed by atoms with Crippen molar-refractivity contribution in [2.45, 2.75) is 400 Å². The Kier molecular flexibility index (Phi) is 57.4. The standard InChI is InChI=1S/C95H154N2O10/c1-6-10-14-18-22-26-30-34-38-42-46-50-54-58-70-102-90-68-64-82(74-92(90)104-72-60-56-52-48-44-40-36-32-28-24-20-16-12-8-3)94(100)106-86-66-62-84(88(98)76-86)79-96-78-81(5)97-80-85-63-67-87(77-89(85)99)107-95(101)83-65-69-91(103-71-59-55-51-47-43-39-35-31-27-23-19-15-11-7-2)93(75-83)105-73-61-57-53-49-45-41-37-33-29-25-21-17-13-9-4/h62-69,74-77,79-81,98-99H,6-61,70-73,78H2,1-5H3/t81-/m0/s1. The number of hydrogen-bond acceptors (Lipinski definition) is 12. The quantitative estimate of drug-likeness (QED) is 0.0189. The lowest BCUT2D eigenvalue weighted by atomic mass is 10.0. The number of esters is 2. The van der Waals surface area contributed by atoms with Crippen LogP contribution in [0.3, 0.4) is 0 Å². The van der Waals surface area contributed by atoms with Gasteiger partial charge in [0.15, 0.2) is 23.0 Å². The Morgan fingerprint density at radius 2 is 0.551 bits per heavy atom. The molecule has 0 saturated heterocycles. The molecule has 0 heterocycles. The zero-order valence-electron chi connectivity index (χ0n) is 68.8. The van der Waals surface area contributed by atoms with Crippen molar-refractivity contribution in [2.24, 2.45) is 9.98 Å². The number of carbonyl (C=O) groups excluding carboxylic acids is 2. The van der Waals surface area contributed by atoms with Gasteiger partial charge in [0, 0.05) is 35.7 Å². The molecule has 0 aliphatic rings. The van der Waals surface area contributed by atoms with Gasteiger partial charge in [0.2, 0.25) is 0 Å². The first-order valence-electron chi connectivity index (χ1n) is 44.6. The van der Waals surface area contributed by atoms with Crippen molar-refractivity contribution in [2.75, 3.05) is 33.0 Å². The van der Waals surface area contributed by atoms with Gasteiger partial charge in [0.05, 0.1) is 50.1 Å². The van der Waals surface area contributed by atoms with E-state index in [1.807, 2.05) is 19.1 Å². The number of ether oxygens (including phenoxy) is 6. The SMILES string of the molecule is CCCCCCCCCCCCCCCCOc1ccc(C(=O)Oc2ccc(C=NC[C@H](C)N=Cc3ccc(OC(=O)c4ccc(OCCCCCCCCCCCCCCCC)c(OCCCCCCCCCCCCCCCC)c4)cc3O)c(O)c2)cc1OCCCCCCCCCCCCCCCC. The lowest BCUT2D eigenvalue weighted by Crippen LogP contribution is -2.10. The van der Waals surface area contributed by atoms with Gasteiger partial charge >= 0.3 is 11.9 Å². The third kappa shape index (κ3) is 48.3. The lowest BCUT2D eigenvalue weighted by Gasteiger charge is -2.14. The summed E-state index contributed by atoms with van der Waals surface area (Å²) in [6.07, 6.45) is 75.5. The number of carbonyl (C=O) groups is 2. The summed E-state index contributed by atoms with van der Waals surface area (Å²) < 4.78 is 36.9. The van der Waals surface area contributed by atoms with E-state index >= 15 is 0 Å². The fourth-order valence-electron chi connectivity index (χ4n) is 13.9. The molecular weight excluding hydrogens is 1330 g/mol. The first-order chi connectivity index (χ1) is 52.6. The maximum absolute atomic E-state index is 13.7. The molecule has 0 radical (unpaired) electrons. The maximum Gasteiger partial charge on any atom is 0.343 e. The molecule has 0 bridgehead atoms. The second-order valence-corrected chi connectivity index (χ2v) is 30.9. The fraction of sp³-hybridized carbons (Fsp3) is 0.705. The molecule has 2 N–H and O–H groups in total. The van der Waals surface area contributed by atoms with Crippen LogP contribution < -0.4 is 28.4 Å². The van der Waals surface area contributed by atoms with Crippen LogP contribution >= 0.6 is 0 Å². The van der Waals surface area contributed by atoms with E-state index in [2.05, 4.69) is 37.7 Å². The molecule has 4 rings (SSSR count). The third-order valence-corrected chi connectivity index (χ3v) is 20.9. The number of aromatic hydroxyl groups is 2. The highest BCUT2D eigenvalue weighted by Crippen LogP contribution is 2.34. The summed E-state index contributed by atoms with van der Waals surface area (Å²) in [4.78, 5) is 36.5. The summed E-state index contributed by atoms with van der Waals surface area (Å²) >= 11 is 0. The third-order valence-electron chi connectivity index (χ3n) is 20.9. The predicted octanol–water partition coefficient (Wildman–Crippen LogP) is 28.9. The van der Waals surface area contributed by atoms with Crippen molar-refractivity contribution in [3.8, 4) is 46.0 Å². The minimum Gasteiger partial charge on any atom is -0.507 e. The van der Waals surface area contributed by atoms with Gasteiger partial charge in [0.25, 0.3) is 0 Å². The molecular formula is C95H154N2O10. The van der Waals surface area contributed by atoms with Crippen molar-refractivity contribution in [3.63, 3.8) is 0 Å². The van der Waals surface area contributed by atoms with Gasteiger partial charge in [0.1, 0.15) is 23.0 Å². The number of nitrogens with zero attached hydrogens (tertiary/aromatic N) is 2. The van der Waals surface area contributed by atoms with Crippen LogP contribution in [0.25, 0.3) is 0 Å². The summed E-state index contributed by atoms with van der Waals surface area (Å²) in [7, 11) is 0. The lowest BCUT2D eigenvalue weighted by molar-refractivity contribution is 0.0724. The van der Waals surface area contributed by atoms with Crippen LogP contribution in [0.5, 0.6) is 46.0 Å². The van der Waals surface area contributed by atoms with Gasteiger partial charge in [-0.05, 0) is 93.3 Å². The normalized spacial score (nSPS) is 11.9. The highest BCUT2D eigenvalue weighted by atomic mass is 16.5. The van der Waals surface area contributed by atoms with Crippen LogP contribution in [0.1, 0.15) is 426 Å². The minimum atomic E-state index is -0.569. The van der Waals surface area contributed by atoms with E-state index in [9.17, 15) is 19.8 Å². The van der Waals surface area contributed by atoms with E-state index in [0.29, 0.717) is 78.2 Å². The Hall–Kier alpha value is -6.04. The van der Waals surface area contributed by atoms with Gasteiger partial charge < -0.3 is 38.6 Å². The van der Waals surface area contributed by atoms with Crippen molar-refractivity contribution in [3.05, 3.63) is 95.1 Å². The molecule has 0 fully saturated rings. The number of hydrogen-bond donors (Lipinski definition) is 2. The van der Waals surface area contributed by atoms with E-state index in [4.69, 9.17) is 28.4 Å².